The summed E-state index contributed by atoms with van der Waals surface area (Å²) in [5.74, 6) is -1.79. The van der Waals surface area contributed by atoms with Gasteiger partial charge in [0, 0.05) is 46.3 Å². The lowest BCUT2D eigenvalue weighted by molar-refractivity contribution is -0.279. The summed E-state index contributed by atoms with van der Waals surface area (Å²) in [6.07, 6.45) is -6.00. The number of hydrogen-bond donors (Lipinski definition) is 2. The van der Waals surface area contributed by atoms with Crippen LogP contribution in [0.25, 0.3) is 0 Å². The molecule has 21 nitrogen and oxygen atoms in total. The molecule has 0 radical (unpaired) electrons. The van der Waals surface area contributed by atoms with Crippen LogP contribution in [0.15, 0.2) is 78.9 Å². The highest BCUT2D eigenvalue weighted by molar-refractivity contribution is 7.44. The van der Waals surface area contributed by atoms with Crippen LogP contribution in [0.5, 0.6) is 11.5 Å². The third kappa shape index (κ3) is 19.1. The minimum atomic E-state index is -1.90. The highest BCUT2D eigenvalue weighted by Crippen LogP contribution is 2.48. The van der Waals surface area contributed by atoms with Gasteiger partial charge in [-0.25, -0.2) is 4.67 Å². The van der Waals surface area contributed by atoms with Gasteiger partial charge in [-0.3, -0.25) is 24.0 Å². The maximum Gasteiger partial charge on any atom is 0.303 e. The second kappa shape index (κ2) is 31.9. The third-order valence-corrected chi connectivity index (χ3v) is 13.4. The lowest BCUT2D eigenvalue weighted by Crippen LogP contribution is -2.66. The molecule has 412 valence electrons. The maximum atomic E-state index is 14.4. The van der Waals surface area contributed by atoms with Crippen LogP contribution in [0.2, 0.25) is 0 Å². The molecule has 2 N–H and O–H groups in total. The van der Waals surface area contributed by atoms with Crippen LogP contribution in [0.4, 0.5) is 0 Å². The molecule has 1 saturated heterocycles. The number of methoxy groups -OCH3 is 2. The Morgan fingerprint density at radius 1 is 0.720 bits per heavy atom. The fourth-order valence-electron chi connectivity index (χ4n) is 8.17. The van der Waals surface area contributed by atoms with E-state index in [0.717, 1.165) is 30.5 Å². The van der Waals surface area contributed by atoms with Crippen molar-refractivity contribution in [3.8, 4) is 17.6 Å². The molecule has 0 aliphatic carbocycles. The normalized spacial score (nSPS) is 18.4. The molecule has 7 atom stereocenters. The van der Waals surface area contributed by atoms with E-state index in [1.807, 2.05) is 111 Å². The van der Waals surface area contributed by atoms with Gasteiger partial charge in [-0.05, 0) is 68.7 Å². The van der Waals surface area contributed by atoms with Gasteiger partial charge in [0.2, 0.25) is 5.91 Å². The number of esters is 3. The lowest BCUT2D eigenvalue weighted by Gasteiger charge is -2.44. The molecule has 22 heteroatoms. The number of carbonyl (C=O) groups excluding carboxylic acids is 5. The average molecular weight is 1070 g/mol. The molecule has 0 aromatic heterocycles. The number of ether oxygens (including phenoxy) is 10. The molecule has 7 unspecified atom stereocenters. The number of hydrogen-bond acceptors (Lipinski definition) is 19. The Kier molecular flexibility index (Phi) is 26.3. The fourth-order valence-corrected chi connectivity index (χ4v) is 9.85. The van der Waals surface area contributed by atoms with Crippen LogP contribution in [0.1, 0.15) is 78.5 Å². The van der Waals surface area contributed by atoms with E-state index in [-0.39, 0.29) is 77.9 Å². The monoisotopic (exact) mass is 1070 g/mol. The van der Waals surface area contributed by atoms with Gasteiger partial charge in [0.1, 0.15) is 35.9 Å². The largest absolute Gasteiger partial charge is 0.497 e. The first-order valence-electron chi connectivity index (χ1n) is 24.6. The fraction of sp³-hybridized carbons (Fsp3) is 0.547. The molecule has 3 aromatic carbocycles. The molecule has 1 aliphatic rings. The highest BCUT2D eigenvalue weighted by atomic mass is 31.2. The smallest absolute Gasteiger partial charge is 0.303 e. The number of nitrogens with one attached hydrogen (secondary N) is 2. The second-order valence-corrected chi connectivity index (χ2v) is 19.0. The summed E-state index contributed by atoms with van der Waals surface area (Å²) >= 11 is 0. The van der Waals surface area contributed by atoms with Gasteiger partial charge in [0.05, 0.1) is 73.0 Å². The van der Waals surface area contributed by atoms with Crippen LogP contribution in [-0.4, -0.2) is 157 Å². The summed E-state index contributed by atoms with van der Waals surface area (Å²) in [4.78, 5) is 62.7. The van der Waals surface area contributed by atoms with E-state index in [1.54, 1.807) is 14.2 Å². The van der Waals surface area contributed by atoms with Gasteiger partial charge in [-0.1, -0.05) is 54.6 Å². The minimum absolute atomic E-state index is 0.0344. The van der Waals surface area contributed by atoms with Crippen LogP contribution in [0.3, 0.4) is 0 Å². The van der Waals surface area contributed by atoms with Crippen molar-refractivity contribution in [3.63, 3.8) is 0 Å². The van der Waals surface area contributed by atoms with Gasteiger partial charge in [0.25, 0.3) is 14.4 Å². The summed E-state index contributed by atoms with van der Waals surface area (Å²) in [7, 11) is 1.28. The van der Waals surface area contributed by atoms with Crippen molar-refractivity contribution in [2.24, 2.45) is 0 Å². The first-order valence-corrected chi connectivity index (χ1v) is 25.8. The lowest BCUT2D eigenvalue weighted by atomic mass is 9.80. The Bertz CT molecular complexity index is 2210. The summed E-state index contributed by atoms with van der Waals surface area (Å²) in [6.45, 7) is 12.6. The number of benzene rings is 3. The predicted molar refractivity (Wildman–Crippen MR) is 273 cm³/mol. The summed E-state index contributed by atoms with van der Waals surface area (Å²) in [5.41, 5.74) is 1.01. The zero-order chi connectivity index (χ0) is 54.9. The van der Waals surface area contributed by atoms with E-state index in [1.165, 1.54) is 13.8 Å². The molecular formula is C53H73N4O17P. The second-order valence-electron chi connectivity index (χ2n) is 17.6. The molecule has 0 bridgehead atoms. The summed E-state index contributed by atoms with van der Waals surface area (Å²) < 4.78 is 72.8. The van der Waals surface area contributed by atoms with Crippen LogP contribution in [-0.2, 0) is 76.5 Å². The first-order chi connectivity index (χ1) is 35.9. The Balaban J connectivity index is 1.48. The van der Waals surface area contributed by atoms with E-state index in [0.29, 0.717) is 11.5 Å². The third-order valence-electron chi connectivity index (χ3n) is 11.3. The van der Waals surface area contributed by atoms with E-state index in [9.17, 15) is 29.2 Å². The van der Waals surface area contributed by atoms with E-state index < -0.39 is 80.6 Å². The summed E-state index contributed by atoms with van der Waals surface area (Å²) in [6, 6.07) is 25.6. The highest BCUT2D eigenvalue weighted by Gasteiger charge is 2.51. The quantitative estimate of drug-likeness (QED) is 0.0258. The van der Waals surface area contributed by atoms with Gasteiger partial charge < -0.3 is 67.0 Å². The first kappa shape index (κ1) is 61.8. The standard InChI is InChI=1S/C53H73N4O17P/c1-35(2)57(36(3)4)75(70-27-14-25-54)74-47(34-69-53(41-15-12-11-13-16-41,42-17-21-44(63-9)22-18-42)43-19-23-45(64-10)24-20-43)51(62)55-26-28-65-29-30-66-31-32-67-52-48(56-37(5)58)50(72-40(8)61)49(71-39(7)60)46(73-52)33-68-38(6)59/h11-13,15-24,35-36,46-50,52H,14,26-34H2,1-10H3,(H,55,62)(H,56,58). The van der Waals surface area contributed by atoms with Gasteiger partial charge >= 0.3 is 17.9 Å². The predicted octanol–water partition coefficient (Wildman–Crippen LogP) is 5.50. The molecule has 0 saturated carbocycles. The SMILES string of the molecule is COc1ccc(C(OCC(OP(OCCC#N)N(C(C)C)C(C)C)C(=O)NCCOCCOCCOC2OC(COC(C)=O)C(OC(C)=O)C(OC(C)=O)C2NC(C)=O)(c2ccccc2)c2ccc(OC)cc2)cc1. The number of amides is 2. The van der Waals surface area contributed by atoms with Crippen molar-refractivity contribution in [1.82, 2.24) is 15.3 Å². The minimum Gasteiger partial charge on any atom is -0.497 e. The zero-order valence-corrected chi connectivity index (χ0v) is 45.4. The van der Waals surface area contributed by atoms with E-state index >= 15 is 0 Å². The molecule has 2 amide bonds. The molecule has 1 aliphatic heterocycles. The van der Waals surface area contributed by atoms with Crippen molar-refractivity contribution in [3.05, 3.63) is 95.6 Å². The van der Waals surface area contributed by atoms with E-state index in [4.69, 9.17) is 56.4 Å². The van der Waals surface area contributed by atoms with Crippen molar-refractivity contribution in [2.75, 3.05) is 73.6 Å². The van der Waals surface area contributed by atoms with Crippen molar-refractivity contribution in [1.29, 1.82) is 5.26 Å². The van der Waals surface area contributed by atoms with Gasteiger partial charge in [0.15, 0.2) is 24.6 Å². The molecule has 3 aromatic rings. The molecule has 1 heterocycles. The summed E-state index contributed by atoms with van der Waals surface area (Å²) in [5, 5.41) is 15.0. The maximum absolute atomic E-state index is 14.4. The topological polar surface area (TPSA) is 247 Å². The Labute approximate surface area is 440 Å². The Hall–Kier alpha value is -5.79. The Morgan fingerprint density at radius 3 is 1.79 bits per heavy atom. The van der Waals surface area contributed by atoms with Crippen molar-refractivity contribution >= 4 is 38.2 Å². The van der Waals surface area contributed by atoms with Gasteiger partial charge in [-0.2, -0.15) is 5.26 Å². The van der Waals surface area contributed by atoms with E-state index in [2.05, 4.69) is 16.7 Å². The molecule has 75 heavy (non-hydrogen) atoms. The molecule has 1 fully saturated rings. The number of nitriles is 1. The number of rotatable bonds is 32. The van der Waals surface area contributed by atoms with Gasteiger partial charge in [-0.15, -0.1) is 0 Å². The van der Waals surface area contributed by atoms with Crippen LogP contribution < -0.4 is 20.1 Å². The molecular weight excluding hydrogens is 996 g/mol. The van der Waals surface area contributed by atoms with Crippen molar-refractivity contribution < 1.29 is 80.4 Å². The van der Waals surface area contributed by atoms with Crippen LogP contribution in [0, 0.1) is 11.3 Å². The van der Waals surface area contributed by atoms with Crippen molar-refractivity contribution in [2.45, 2.75) is 116 Å². The number of nitrogens with zero attached hydrogens (tertiary/aromatic N) is 2. The zero-order valence-electron chi connectivity index (χ0n) is 44.5. The molecule has 0 spiro atoms. The Morgan fingerprint density at radius 2 is 1.27 bits per heavy atom. The number of carbonyl (C=O) groups is 5. The molecule has 4 rings (SSSR count). The van der Waals surface area contributed by atoms with Crippen LogP contribution >= 0.6 is 8.53 Å². The average Bonchev–Trinajstić information content (AvgIpc) is 3.37.